The summed E-state index contributed by atoms with van der Waals surface area (Å²) in [7, 11) is 0. The van der Waals surface area contributed by atoms with E-state index in [2.05, 4.69) is 58.6 Å². The summed E-state index contributed by atoms with van der Waals surface area (Å²) < 4.78 is 5.69. The molecule has 0 saturated heterocycles. The summed E-state index contributed by atoms with van der Waals surface area (Å²) >= 11 is 0. The second kappa shape index (κ2) is 8.54. The lowest BCUT2D eigenvalue weighted by molar-refractivity contribution is 0.290. The zero-order valence-corrected chi connectivity index (χ0v) is 17.2. The molecule has 2 heterocycles. The van der Waals surface area contributed by atoms with Gasteiger partial charge in [-0.15, -0.1) is 0 Å². The molecule has 150 valence electrons. The number of rotatable bonds is 5. The molecule has 0 bridgehead atoms. The Bertz CT molecular complexity index is 1020. The molecule has 0 saturated carbocycles. The molecule has 1 aliphatic heterocycles. The molecule has 0 N–H and O–H groups in total. The molecule has 1 aliphatic carbocycles. The Kier molecular flexibility index (Phi) is 5.49. The fraction of sp³-hybridized carbons (Fsp3) is 0.423. The van der Waals surface area contributed by atoms with Gasteiger partial charge in [-0.1, -0.05) is 54.1 Å². The van der Waals surface area contributed by atoms with Gasteiger partial charge in [0.15, 0.2) is 0 Å². The largest absolute Gasteiger partial charge is 0.361 e. The van der Waals surface area contributed by atoms with Crippen LogP contribution < -0.4 is 0 Å². The van der Waals surface area contributed by atoms with Crippen LogP contribution in [-0.4, -0.2) is 29.7 Å². The topological polar surface area (TPSA) is 29.3 Å². The Morgan fingerprint density at radius 2 is 1.83 bits per heavy atom. The molecule has 3 nitrogen and oxygen atoms in total. The highest BCUT2D eigenvalue weighted by Crippen LogP contribution is 2.27. The SMILES string of the molecule is C1=C(c2ccc3ccccc3c2)CCN(CCCc2onc3c2CCCCC3)C1. The van der Waals surface area contributed by atoms with Gasteiger partial charge < -0.3 is 4.52 Å². The summed E-state index contributed by atoms with van der Waals surface area (Å²) in [5.74, 6) is 1.16. The molecule has 1 aromatic heterocycles. The average molecular weight is 387 g/mol. The van der Waals surface area contributed by atoms with E-state index >= 15 is 0 Å². The van der Waals surface area contributed by atoms with Crippen molar-refractivity contribution in [3.63, 3.8) is 0 Å². The lowest BCUT2D eigenvalue weighted by atomic mass is 9.96. The number of nitrogens with zero attached hydrogens (tertiary/aromatic N) is 2. The highest BCUT2D eigenvalue weighted by Gasteiger charge is 2.18. The summed E-state index contributed by atoms with van der Waals surface area (Å²) in [6.45, 7) is 3.33. The number of hydrogen-bond donors (Lipinski definition) is 0. The van der Waals surface area contributed by atoms with E-state index < -0.39 is 0 Å². The maximum atomic E-state index is 5.69. The lowest BCUT2D eigenvalue weighted by Gasteiger charge is -2.26. The van der Waals surface area contributed by atoms with Crippen molar-refractivity contribution >= 4 is 16.3 Å². The van der Waals surface area contributed by atoms with Crippen LogP contribution in [0.5, 0.6) is 0 Å². The predicted molar refractivity (Wildman–Crippen MR) is 119 cm³/mol. The molecule has 0 radical (unpaired) electrons. The summed E-state index contributed by atoms with van der Waals surface area (Å²) in [5, 5.41) is 7.00. The fourth-order valence-electron chi connectivity index (χ4n) is 4.86. The van der Waals surface area contributed by atoms with Crippen molar-refractivity contribution in [2.24, 2.45) is 0 Å². The molecule has 3 aromatic rings. The Labute approximate surface area is 173 Å². The minimum Gasteiger partial charge on any atom is -0.361 e. The number of fused-ring (bicyclic) bond motifs is 2. The lowest BCUT2D eigenvalue weighted by Crippen LogP contribution is -2.29. The molecular formula is C26H30N2O. The third-order valence-electron chi connectivity index (χ3n) is 6.58. The zero-order chi connectivity index (χ0) is 19.5. The second-order valence-electron chi connectivity index (χ2n) is 8.54. The van der Waals surface area contributed by atoms with E-state index in [0.717, 1.165) is 57.5 Å². The third kappa shape index (κ3) is 4.16. The van der Waals surface area contributed by atoms with Crippen LogP contribution in [0.25, 0.3) is 16.3 Å². The Morgan fingerprint density at radius 1 is 0.931 bits per heavy atom. The van der Waals surface area contributed by atoms with Gasteiger partial charge in [-0.05, 0) is 73.0 Å². The van der Waals surface area contributed by atoms with Gasteiger partial charge in [-0.2, -0.15) is 0 Å². The van der Waals surface area contributed by atoms with Gasteiger partial charge in [0, 0.05) is 25.1 Å². The van der Waals surface area contributed by atoms with E-state index in [-0.39, 0.29) is 0 Å². The van der Waals surface area contributed by atoms with Gasteiger partial charge in [0.25, 0.3) is 0 Å². The van der Waals surface area contributed by atoms with Crippen LogP contribution in [0.4, 0.5) is 0 Å². The summed E-state index contributed by atoms with van der Waals surface area (Å²) in [5.41, 5.74) is 5.54. The Hall–Kier alpha value is -2.39. The standard InChI is InChI=1S/C26H30N2O/c1-2-9-24-25(10-3-1)27-29-26(24)11-6-16-28-17-14-21(15-18-28)23-13-12-20-7-4-5-8-22(20)19-23/h4-5,7-8,12-14,19H,1-3,6,9-11,15-18H2. The van der Waals surface area contributed by atoms with Crippen molar-refractivity contribution in [1.29, 1.82) is 0 Å². The van der Waals surface area contributed by atoms with Gasteiger partial charge in [-0.25, -0.2) is 0 Å². The van der Waals surface area contributed by atoms with Crippen LogP contribution >= 0.6 is 0 Å². The molecule has 3 heteroatoms. The van der Waals surface area contributed by atoms with Crippen LogP contribution in [-0.2, 0) is 19.3 Å². The van der Waals surface area contributed by atoms with Gasteiger partial charge in [0.05, 0.1) is 5.69 Å². The monoisotopic (exact) mass is 386 g/mol. The summed E-state index contributed by atoms with van der Waals surface area (Å²) in [6.07, 6.45) is 11.9. The number of aromatic nitrogens is 1. The van der Waals surface area contributed by atoms with E-state index in [9.17, 15) is 0 Å². The first-order chi connectivity index (χ1) is 14.4. The quantitative estimate of drug-likeness (QED) is 0.518. The van der Waals surface area contributed by atoms with Crippen molar-refractivity contribution in [3.05, 3.63) is 71.1 Å². The van der Waals surface area contributed by atoms with E-state index in [4.69, 9.17) is 4.52 Å². The average Bonchev–Trinajstić information content (AvgIpc) is 3.00. The number of aryl methyl sites for hydroxylation is 2. The molecule has 2 aromatic carbocycles. The Balaban J connectivity index is 1.16. The van der Waals surface area contributed by atoms with Crippen LogP contribution in [0.3, 0.4) is 0 Å². The fourth-order valence-corrected chi connectivity index (χ4v) is 4.86. The predicted octanol–water partition coefficient (Wildman–Crippen LogP) is 5.82. The van der Waals surface area contributed by atoms with E-state index in [0.29, 0.717) is 0 Å². The first kappa shape index (κ1) is 18.6. The van der Waals surface area contributed by atoms with E-state index in [1.54, 1.807) is 0 Å². The second-order valence-corrected chi connectivity index (χ2v) is 8.54. The van der Waals surface area contributed by atoms with Crippen molar-refractivity contribution in [2.45, 2.75) is 51.4 Å². The smallest absolute Gasteiger partial charge is 0.140 e. The third-order valence-corrected chi connectivity index (χ3v) is 6.58. The molecule has 2 aliphatic rings. The highest BCUT2D eigenvalue weighted by molar-refractivity contribution is 5.86. The van der Waals surface area contributed by atoms with Crippen molar-refractivity contribution in [1.82, 2.24) is 10.1 Å². The normalized spacial score (nSPS) is 17.7. The molecule has 0 spiro atoms. The number of benzene rings is 2. The zero-order valence-electron chi connectivity index (χ0n) is 17.2. The van der Waals surface area contributed by atoms with Gasteiger partial charge in [-0.3, -0.25) is 4.90 Å². The van der Waals surface area contributed by atoms with Crippen molar-refractivity contribution in [3.8, 4) is 0 Å². The Morgan fingerprint density at radius 3 is 2.72 bits per heavy atom. The highest BCUT2D eigenvalue weighted by atomic mass is 16.5. The maximum Gasteiger partial charge on any atom is 0.140 e. The van der Waals surface area contributed by atoms with Gasteiger partial charge >= 0.3 is 0 Å². The van der Waals surface area contributed by atoms with Crippen LogP contribution in [0, 0.1) is 0 Å². The first-order valence-corrected chi connectivity index (χ1v) is 11.2. The molecule has 0 atom stereocenters. The number of hydrogen-bond acceptors (Lipinski definition) is 3. The molecule has 0 amide bonds. The van der Waals surface area contributed by atoms with Gasteiger partial charge in [0.2, 0.25) is 0 Å². The van der Waals surface area contributed by atoms with Crippen molar-refractivity contribution < 1.29 is 4.52 Å². The molecule has 0 fully saturated rings. The maximum absolute atomic E-state index is 5.69. The summed E-state index contributed by atoms with van der Waals surface area (Å²) in [6, 6.07) is 15.5. The summed E-state index contributed by atoms with van der Waals surface area (Å²) in [4.78, 5) is 2.57. The molecule has 0 unspecified atom stereocenters. The van der Waals surface area contributed by atoms with Crippen molar-refractivity contribution in [2.75, 3.05) is 19.6 Å². The molecular weight excluding hydrogens is 356 g/mol. The molecule has 5 rings (SSSR count). The van der Waals surface area contributed by atoms with Gasteiger partial charge in [0.1, 0.15) is 5.76 Å². The van der Waals surface area contributed by atoms with E-state index in [1.165, 1.54) is 52.4 Å². The van der Waals surface area contributed by atoms with E-state index in [1.807, 2.05) is 0 Å². The van der Waals surface area contributed by atoms with Crippen LogP contribution in [0.2, 0.25) is 0 Å². The molecule has 29 heavy (non-hydrogen) atoms. The van der Waals surface area contributed by atoms with Crippen LogP contribution in [0.1, 0.15) is 54.7 Å². The van der Waals surface area contributed by atoms with Crippen LogP contribution in [0.15, 0.2) is 53.1 Å². The minimum absolute atomic E-state index is 1.03. The minimum atomic E-state index is 1.03. The first-order valence-electron chi connectivity index (χ1n) is 11.2.